The summed E-state index contributed by atoms with van der Waals surface area (Å²) in [5.41, 5.74) is 5.46. The topological polar surface area (TPSA) is 46.3 Å². The normalized spacial score (nSPS) is 10.8. The molecule has 0 aromatic heterocycles. The van der Waals surface area contributed by atoms with Crippen molar-refractivity contribution in [2.45, 2.75) is 90.4 Å². The molecule has 0 rings (SSSR count). The van der Waals surface area contributed by atoms with Gasteiger partial charge >= 0.3 is 0 Å². The number of hydrogen-bond donors (Lipinski definition) is 1. The molecule has 0 aromatic carbocycles. The van der Waals surface area contributed by atoms with Crippen molar-refractivity contribution in [3.8, 4) is 0 Å². The molecule has 0 spiro atoms. The SMILES string of the molecule is CCCCCCCCCCCC(=O)N(C)CCCCCN. The number of carbonyl (C=O) groups excluding carboxylic acids is 1. The van der Waals surface area contributed by atoms with Crippen LogP contribution >= 0.6 is 0 Å². The van der Waals surface area contributed by atoms with Crippen molar-refractivity contribution < 1.29 is 4.79 Å². The zero-order valence-corrected chi connectivity index (χ0v) is 14.5. The Hall–Kier alpha value is -0.570. The molecule has 0 aromatic rings. The van der Waals surface area contributed by atoms with E-state index in [1.54, 1.807) is 0 Å². The number of amides is 1. The molecule has 126 valence electrons. The second-order valence-corrected chi connectivity index (χ2v) is 6.24. The largest absolute Gasteiger partial charge is 0.346 e. The van der Waals surface area contributed by atoms with Gasteiger partial charge in [0, 0.05) is 20.0 Å². The van der Waals surface area contributed by atoms with Gasteiger partial charge in [0.15, 0.2) is 0 Å². The first-order chi connectivity index (χ1) is 10.2. The molecule has 0 radical (unpaired) electrons. The maximum absolute atomic E-state index is 11.9. The first-order valence-electron chi connectivity index (χ1n) is 9.16. The molecule has 0 aliphatic heterocycles. The van der Waals surface area contributed by atoms with Gasteiger partial charge in [0.05, 0.1) is 0 Å². The van der Waals surface area contributed by atoms with Crippen LogP contribution in [0.15, 0.2) is 0 Å². The van der Waals surface area contributed by atoms with E-state index in [2.05, 4.69) is 6.92 Å². The highest BCUT2D eigenvalue weighted by atomic mass is 16.2. The van der Waals surface area contributed by atoms with E-state index in [4.69, 9.17) is 5.73 Å². The highest BCUT2D eigenvalue weighted by molar-refractivity contribution is 5.75. The smallest absolute Gasteiger partial charge is 0.222 e. The zero-order chi connectivity index (χ0) is 15.8. The molecular weight excluding hydrogens is 260 g/mol. The van der Waals surface area contributed by atoms with Crippen molar-refractivity contribution in [2.75, 3.05) is 20.1 Å². The quantitative estimate of drug-likeness (QED) is 0.453. The van der Waals surface area contributed by atoms with Crippen LogP contribution in [0.1, 0.15) is 90.4 Å². The molecule has 0 saturated heterocycles. The van der Waals surface area contributed by atoms with Gasteiger partial charge in [-0.1, -0.05) is 64.7 Å². The van der Waals surface area contributed by atoms with Crippen LogP contribution in [0.4, 0.5) is 0 Å². The summed E-state index contributed by atoms with van der Waals surface area (Å²) in [5.74, 6) is 0.311. The molecule has 0 fully saturated rings. The van der Waals surface area contributed by atoms with Crippen LogP contribution in [0, 0.1) is 0 Å². The Morgan fingerprint density at radius 3 is 1.90 bits per heavy atom. The van der Waals surface area contributed by atoms with E-state index in [0.717, 1.165) is 45.2 Å². The van der Waals surface area contributed by atoms with E-state index < -0.39 is 0 Å². The van der Waals surface area contributed by atoms with Gasteiger partial charge in [-0.3, -0.25) is 4.79 Å². The lowest BCUT2D eigenvalue weighted by Crippen LogP contribution is -2.27. The fourth-order valence-corrected chi connectivity index (χ4v) is 2.57. The van der Waals surface area contributed by atoms with Gasteiger partial charge in [-0.05, 0) is 25.8 Å². The average molecular weight is 299 g/mol. The fourth-order valence-electron chi connectivity index (χ4n) is 2.57. The minimum atomic E-state index is 0.311. The average Bonchev–Trinajstić information content (AvgIpc) is 2.49. The molecule has 0 saturated carbocycles. The molecule has 21 heavy (non-hydrogen) atoms. The van der Waals surface area contributed by atoms with Crippen molar-refractivity contribution in [2.24, 2.45) is 5.73 Å². The lowest BCUT2D eigenvalue weighted by molar-refractivity contribution is -0.130. The monoisotopic (exact) mass is 298 g/mol. The molecule has 0 aliphatic rings. The van der Waals surface area contributed by atoms with Crippen LogP contribution in [-0.2, 0) is 4.79 Å². The van der Waals surface area contributed by atoms with Crippen molar-refractivity contribution >= 4 is 5.91 Å². The lowest BCUT2D eigenvalue weighted by Gasteiger charge is -2.16. The minimum absolute atomic E-state index is 0.311. The van der Waals surface area contributed by atoms with E-state index in [-0.39, 0.29) is 0 Å². The molecule has 0 unspecified atom stereocenters. The van der Waals surface area contributed by atoms with Gasteiger partial charge in [0.25, 0.3) is 0 Å². The summed E-state index contributed by atoms with van der Waals surface area (Å²) in [6.45, 7) is 3.90. The number of nitrogens with zero attached hydrogens (tertiary/aromatic N) is 1. The Morgan fingerprint density at radius 1 is 0.810 bits per heavy atom. The molecule has 0 atom stereocenters. The summed E-state index contributed by atoms with van der Waals surface area (Å²) in [4.78, 5) is 13.8. The van der Waals surface area contributed by atoms with Gasteiger partial charge < -0.3 is 10.6 Å². The molecule has 0 aliphatic carbocycles. The maximum atomic E-state index is 11.9. The Kier molecular flexibility index (Phi) is 15.4. The van der Waals surface area contributed by atoms with Crippen molar-refractivity contribution in [3.63, 3.8) is 0 Å². The lowest BCUT2D eigenvalue weighted by atomic mass is 10.1. The van der Waals surface area contributed by atoms with Crippen LogP contribution in [-0.4, -0.2) is 30.9 Å². The summed E-state index contributed by atoms with van der Waals surface area (Å²) in [5, 5.41) is 0. The Bertz CT molecular complexity index is 231. The molecule has 1 amide bonds. The predicted octanol–water partition coefficient (Wildman–Crippen LogP) is 4.49. The summed E-state index contributed by atoms with van der Waals surface area (Å²) < 4.78 is 0. The predicted molar refractivity (Wildman–Crippen MR) is 92.4 cm³/mol. The molecule has 3 heteroatoms. The highest BCUT2D eigenvalue weighted by Gasteiger charge is 2.07. The van der Waals surface area contributed by atoms with Crippen molar-refractivity contribution in [1.82, 2.24) is 4.90 Å². The molecule has 2 N–H and O–H groups in total. The fraction of sp³-hybridized carbons (Fsp3) is 0.944. The van der Waals surface area contributed by atoms with E-state index in [1.165, 1.54) is 51.4 Å². The van der Waals surface area contributed by atoms with Gasteiger partial charge in [0.2, 0.25) is 5.91 Å². The summed E-state index contributed by atoms with van der Waals surface area (Å²) in [6.07, 6.45) is 15.8. The van der Waals surface area contributed by atoms with Gasteiger partial charge in [-0.15, -0.1) is 0 Å². The third kappa shape index (κ3) is 14.1. The molecule has 3 nitrogen and oxygen atoms in total. The third-order valence-corrected chi connectivity index (χ3v) is 4.12. The van der Waals surface area contributed by atoms with Crippen LogP contribution < -0.4 is 5.73 Å². The summed E-state index contributed by atoms with van der Waals surface area (Å²) >= 11 is 0. The number of unbranched alkanes of at least 4 members (excludes halogenated alkanes) is 10. The van der Waals surface area contributed by atoms with Crippen molar-refractivity contribution in [3.05, 3.63) is 0 Å². The van der Waals surface area contributed by atoms with E-state index >= 15 is 0 Å². The first-order valence-corrected chi connectivity index (χ1v) is 9.16. The number of hydrogen-bond acceptors (Lipinski definition) is 2. The standard InChI is InChI=1S/C18H38N2O/c1-3-4-5-6-7-8-9-10-12-15-18(21)20(2)17-14-11-13-16-19/h3-17,19H2,1-2H3. The van der Waals surface area contributed by atoms with Crippen molar-refractivity contribution in [1.29, 1.82) is 0 Å². The van der Waals surface area contributed by atoms with Crippen LogP contribution in [0.5, 0.6) is 0 Å². The van der Waals surface area contributed by atoms with Crippen LogP contribution in [0.3, 0.4) is 0 Å². The molecular formula is C18H38N2O. The number of nitrogens with two attached hydrogens (primary N) is 1. The Morgan fingerprint density at radius 2 is 1.33 bits per heavy atom. The highest BCUT2D eigenvalue weighted by Crippen LogP contribution is 2.11. The molecule has 0 heterocycles. The first kappa shape index (κ1) is 20.4. The third-order valence-electron chi connectivity index (χ3n) is 4.12. The molecule has 0 bridgehead atoms. The second-order valence-electron chi connectivity index (χ2n) is 6.24. The maximum Gasteiger partial charge on any atom is 0.222 e. The van der Waals surface area contributed by atoms with E-state index in [0.29, 0.717) is 5.91 Å². The van der Waals surface area contributed by atoms with Gasteiger partial charge in [-0.2, -0.15) is 0 Å². The van der Waals surface area contributed by atoms with E-state index in [1.807, 2.05) is 11.9 Å². The number of carbonyl (C=O) groups is 1. The van der Waals surface area contributed by atoms with E-state index in [9.17, 15) is 4.79 Å². The summed E-state index contributed by atoms with van der Waals surface area (Å²) in [6, 6.07) is 0. The van der Waals surface area contributed by atoms with Gasteiger partial charge in [-0.25, -0.2) is 0 Å². The Labute approximate surface area is 132 Å². The minimum Gasteiger partial charge on any atom is -0.346 e. The second kappa shape index (κ2) is 15.8. The zero-order valence-electron chi connectivity index (χ0n) is 14.5. The van der Waals surface area contributed by atoms with Gasteiger partial charge in [0.1, 0.15) is 0 Å². The number of rotatable bonds is 15. The summed E-state index contributed by atoms with van der Waals surface area (Å²) in [7, 11) is 1.93. The van der Waals surface area contributed by atoms with Crippen LogP contribution in [0.25, 0.3) is 0 Å². The van der Waals surface area contributed by atoms with Crippen LogP contribution in [0.2, 0.25) is 0 Å². The Balaban J connectivity index is 3.32.